The van der Waals surface area contributed by atoms with E-state index in [-0.39, 0.29) is 5.75 Å². The summed E-state index contributed by atoms with van der Waals surface area (Å²) in [6.07, 6.45) is 0.712. The molecule has 0 fully saturated rings. The molecule has 0 aliphatic carbocycles. The fourth-order valence-electron chi connectivity index (χ4n) is 1.36. The van der Waals surface area contributed by atoms with E-state index in [9.17, 15) is 9.50 Å². The zero-order valence-electron chi connectivity index (χ0n) is 8.55. The standard InChI is InChI=1S/C11H10FNO2S/c1-15-9-3-2-7(6-8(9)12)10(14)11-13-4-5-16-11/h2-6,10,14H,1H3. The Bertz CT molecular complexity index is 473. The highest BCUT2D eigenvalue weighted by Crippen LogP contribution is 2.27. The van der Waals surface area contributed by atoms with Gasteiger partial charge in [-0.1, -0.05) is 6.07 Å². The number of aliphatic hydroxyl groups excluding tert-OH is 1. The third kappa shape index (κ3) is 2.05. The second kappa shape index (κ2) is 4.59. The quantitative estimate of drug-likeness (QED) is 0.894. The van der Waals surface area contributed by atoms with Gasteiger partial charge in [-0.25, -0.2) is 9.37 Å². The topological polar surface area (TPSA) is 42.4 Å². The van der Waals surface area contributed by atoms with Crippen LogP contribution in [0, 0.1) is 5.82 Å². The van der Waals surface area contributed by atoms with Gasteiger partial charge in [-0.2, -0.15) is 0 Å². The number of aromatic nitrogens is 1. The summed E-state index contributed by atoms with van der Waals surface area (Å²) in [5, 5.41) is 12.2. The predicted molar refractivity (Wildman–Crippen MR) is 59.1 cm³/mol. The number of hydrogen-bond acceptors (Lipinski definition) is 4. The molecule has 16 heavy (non-hydrogen) atoms. The van der Waals surface area contributed by atoms with Gasteiger partial charge in [-0.05, 0) is 17.7 Å². The molecule has 5 heteroatoms. The van der Waals surface area contributed by atoms with Crippen LogP contribution in [0.5, 0.6) is 5.75 Å². The summed E-state index contributed by atoms with van der Waals surface area (Å²) < 4.78 is 18.2. The molecule has 2 aromatic rings. The number of aliphatic hydroxyl groups is 1. The molecule has 1 aromatic carbocycles. The average Bonchev–Trinajstić information content (AvgIpc) is 2.81. The fourth-order valence-corrected chi connectivity index (χ4v) is 2.01. The SMILES string of the molecule is COc1ccc(C(O)c2nccs2)cc1F. The second-order valence-corrected chi connectivity index (χ2v) is 4.09. The highest BCUT2D eigenvalue weighted by atomic mass is 32.1. The van der Waals surface area contributed by atoms with E-state index in [0.717, 1.165) is 0 Å². The molecule has 1 unspecified atom stereocenters. The minimum absolute atomic E-state index is 0.162. The summed E-state index contributed by atoms with van der Waals surface area (Å²) in [7, 11) is 1.40. The Morgan fingerprint density at radius 1 is 1.50 bits per heavy atom. The van der Waals surface area contributed by atoms with E-state index in [1.54, 1.807) is 17.6 Å². The molecular formula is C11H10FNO2S. The monoisotopic (exact) mass is 239 g/mol. The number of ether oxygens (including phenoxy) is 1. The number of benzene rings is 1. The fraction of sp³-hybridized carbons (Fsp3) is 0.182. The van der Waals surface area contributed by atoms with E-state index in [1.165, 1.54) is 30.6 Å². The van der Waals surface area contributed by atoms with Gasteiger partial charge in [-0.15, -0.1) is 11.3 Å². The Morgan fingerprint density at radius 3 is 2.88 bits per heavy atom. The Labute approximate surface area is 96.2 Å². The van der Waals surface area contributed by atoms with Gasteiger partial charge in [0, 0.05) is 11.6 Å². The van der Waals surface area contributed by atoms with Crippen LogP contribution in [-0.2, 0) is 0 Å². The number of nitrogens with zero attached hydrogens (tertiary/aromatic N) is 1. The van der Waals surface area contributed by atoms with Crippen LogP contribution in [0.3, 0.4) is 0 Å². The summed E-state index contributed by atoms with van der Waals surface area (Å²) in [6, 6.07) is 4.36. The number of halogens is 1. The molecule has 0 bridgehead atoms. The van der Waals surface area contributed by atoms with Crippen molar-refractivity contribution >= 4 is 11.3 Å². The lowest BCUT2D eigenvalue weighted by Crippen LogP contribution is -2.00. The second-order valence-electron chi connectivity index (χ2n) is 3.17. The van der Waals surface area contributed by atoms with Crippen LogP contribution in [0.2, 0.25) is 0 Å². The lowest BCUT2D eigenvalue weighted by Gasteiger charge is -2.09. The lowest BCUT2D eigenvalue weighted by molar-refractivity contribution is 0.219. The van der Waals surface area contributed by atoms with E-state index < -0.39 is 11.9 Å². The van der Waals surface area contributed by atoms with Crippen molar-refractivity contribution < 1.29 is 14.2 Å². The molecule has 0 spiro atoms. The molecule has 0 aliphatic rings. The minimum Gasteiger partial charge on any atom is -0.494 e. The van der Waals surface area contributed by atoms with Crippen molar-refractivity contribution in [2.75, 3.05) is 7.11 Å². The zero-order valence-corrected chi connectivity index (χ0v) is 9.37. The number of thiazole rings is 1. The van der Waals surface area contributed by atoms with Crippen molar-refractivity contribution in [1.82, 2.24) is 4.98 Å². The van der Waals surface area contributed by atoms with Gasteiger partial charge in [0.15, 0.2) is 11.6 Å². The third-order valence-corrected chi connectivity index (χ3v) is 3.00. The zero-order chi connectivity index (χ0) is 11.5. The number of hydrogen-bond donors (Lipinski definition) is 1. The Balaban J connectivity index is 2.31. The maximum Gasteiger partial charge on any atom is 0.165 e. The van der Waals surface area contributed by atoms with Crippen molar-refractivity contribution in [2.24, 2.45) is 0 Å². The maximum atomic E-state index is 13.4. The van der Waals surface area contributed by atoms with E-state index >= 15 is 0 Å². The molecule has 0 radical (unpaired) electrons. The van der Waals surface area contributed by atoms with Gasteiger partial charge in [0.05, 0.1) is 7.11 Å². The van der Waals surface area contributed by atoms with Crippen LogP contribution in [0.15, 0.2) is 29.8 Å². The highest BCUT2D eigenvalue weighted by molar-refractivity contribution is 7.09. The van der Waals surface area contributed by atoms with Crippen molar-refractivity contribution in [2.45, 2.75) is 6.10 Å². The predicted octanol–water partition coefficient (Wildman–Crippen LogP) is 2.37. The van der Waals surface area contributed by atoms with Crippen LogP contribution < -0.4 is 4.74 Å². The summed E-state index contributed by atoms with van der Waals surface area (Å²) in [5.74, 6) is -0.328. The summed E-state index contributed by atoms with van der Waals surface area (Å²) in [6.45, 7) is 0. The first-order valence-corrected chi connectivity index (χ1v) is 5.51. The lowest BCUT2D eigenvalue weighted by atomic mass is 10.1. The highest BCUT2D eigenvalue weighted by Gasteiger charge is 2.15. The molecule has 0 aliphatic heterocycles. The average molecular weight is 239 g/mol. The van der Waals surface area contributed by atoms with Gasteiger partial charge in [0.25, 0.3) is 0 Å². The van der Waals surface area contributed by atoms with E-state index in [4.69, 9.17) is 4.74 Å². The van der Waals surface area contributed by atoms with Gasteiger partial charge < -0.3 is 9.84 Å². The first-order chi connectivity index (χ1) is 7.72. The van der Waals surface area contributed by atoms with Crippen LogP contribution >= 0.6 is 11.3 Å². The van der Waals surface area contributed by atoms with Crippen LogP contribution in [-0.4, -0.2) is 17.2 Å². The molecule has 1 aromatic heterocycles. The molecule has 3 nitrogen and oxygen atoms in total. The molecule has 84 valence electrons. The van der Waals surface area contributed by atoms with Crippen LogP contribution in [0.4, 0.5) is 4.39 Å². The van der Waals surface area contributed by atoms with Crippen molar-refractivity contribution in [3.8, 4) is 5.75 Å². The molecule has 1 N–H and O–H groups in total. The van der Waals surface area contributed by atoms with E-state index in [2.05, 4.69) is 4.98 Å². The Hall–Kier alpha value is -1.46. The van der Waals surface area contributed by atoms with Crippen molar-refractivity contribution in [3.63, 3.8) is 0 Å². The Morgan fingerprint density at radius 2 is 2.31 bits per heavy atom. The first kappa shape index (κ1) is 11.0. The first-order valence-electron chi connectivity index (χ1n) is 4.63. The largest absolute Gasteiger partial charge is 0.494 e. The number of methoxy groups -OCH3 is 1. The van der Waals surface area contributed by atoms with Crippen molar-refractivity contribution in [1.29, 1.82) is 0 Å². The van der Waals surface area contributed by atoms with Crippen LogP contribution in [0.1, 0.15) is 16.7 Å². The summed E-state index contributed by atoms with van der Waals surface area (Å²) in [4.78, 5) is 3.98. The molecule has 1 heterocycles. The van der Waals surface area contributed by atoms with Gasteiger partial charge >= 0.3 is 0 Å². The third-order valence-electron chi connectivity index (χ3n) is 2.18. The minimum atomic E-state index is -0.889. The van der Waals surface area contributed by atoms with E-state index in [1.807, 2.05) is 0 Å². The molecular weight excluding hydrogens is 229 g/mol. The molecule has 2 rings (SSSR count). The van der Waals surface area contributed by atoms with Gasteiger partial charge in [0.1, 0.15) is 11.1 Å². The number of rotatable bonds is 3. The van der Waals surface area contributed by atoms with Gasteiger partial charge in [0.2, 0.25) is 0 Å². The van der Waals surface area contributed by atoms with Crippen LogP contribution in [0.25, 0.3) is 0 Å². The maximum absolute atomic E-state index is 13.4. The molecule has 0 saturated carbocycles. The molecule has 1 atom stereocenters. The van der Waals surface area contributed by atoms with Gasteiger partial charge in [-0.3, -0.25) is 0 Å². The molecule has 0 amide bonds. The Kier molecular flexibility index (Phi) is 3.17. The van der Waals surface area contributed by atoms with E-state index in [0.29, 0.717) is 10.6 Å². The van der Waals surface area contributed by atoms with Crippen molar-refractivity contribution in [3.05, 3.63) is 46.2 Å². The summed E-state index contributed by atoms with van der Waals surface area (Å²) in [5.41, 5.74) is 0.466. The summed E-state index contributed by atoms with van der Waals surface area (Å²) >= 11 is 1.33. The smallest absolute Gasteiger partial charge is 0.165 e. The molecule has 0 saturated heterocycles. The normalized spacial score (nSPS) is 12.4.